The highest BCUT2D eigenvalue weighted by Crippen LogP contribution is 2.28. The molecular formula is C15H29N3O2. The lowest BCUT2D eigenvalue weighted by Crippen LogP contribution is -2.41. The monoisotopic (exact) mass is 283 g/mol. The number of carbonyl (C=O) groups excluding carboxylic acids is 1. The van der Waals surface area contributed by atoms with Crippen LogP contribution in [0.15, 0.2) is 0 Å². The zero-order valence-electron chi connectivity index (χ0n) is 12.7. The second-order valence-corrected chi connectivity index (χ2v) is 6.07. The molecule has 2 atom stereocenters. The summed E-state index contributed by atoms with van der Waals surface area (Å²) in [6, 6.07) is 0.624. The van der Waals surface area contributed by atoms with Crippen molar-refractivity contribution in [2.24, 2.45) is 11.7 Å². The summed E-state index contributed by atoms with van der Waals surface area (Å²) in [5.41, 5.74) is 5.84. The Morgan fingerprint density at radius 3 is 2.80 bits per heavy atom. The van der Waals surface area contributed by atoms with Gasteiger partial charge in [-0.25, -0.2) is 0 Å². The fraction of sp³-hybridized carbons (Fsp3) is 0.933. The van der Waals surface area contributed by atoms with E-state index in [2.05, 4.69) is 11.9 Å². The second-order valence-electron chi connectivity index (χ2n) is 6.07. The summed E-state index contributed by atoms with van der Waals surface area (Å²) in [5, 5.41) is 0. The van der Waals surface area contributed by atoms with Gasteiger partial charge in [0, 0.05) is 25.6 Å². The van der Waals surface area contributed by atoms with Gasteiger partial charge in [0.25, 0.3) is 0 Å². The maximum atomic E-state index is 12.1. The van der Waals surface area contributed by atoms with E-state index in [0.717, 1.165) is 32.6 Å². The topological polar surface area (TPSA) is 58.8 Å². The summed E-state index contributed by atoms with van der Waals surface area (Å²) in [7, 11) is 2.18. The summed E-state index contributed by atoms with van der Waals surface area (Å²) < 4.78 is 5.27. The van der Waals surface area contributed by atoms with Gasteiger partial charge in [-0.2, -0.15) is 0 Å². The highest BCUT2D eigenvalue weighted by Gasteiger charge is 2.29. The minimum Gasteiger partial charge on any atom is -0.378 e. The molecule has 1 saturated carbocycles. The van der Waals surface area contributed by atoms with Crippen LogP contribution in [0.25, 0.3) is 0 Å². The standard InChI is InChI=1S/C15H29N3O2/c1-17(14-5-2-4-13(14)12-16)7-3-6-15(19)18-8-10-20-11-9-18/h13-14H,2-12,16H2,1H3. The van der Waals surface area contributed by atoms with Crippen LogP contribution in [-0.4, -0.2) is 68.2 Å². The van der Waals surface area contributed by atoms with Crippen LogP contribution in [0.4, 0.5) is 0 Å². The first kappa shape index (κ1) is 15.7. The number of ether oxygens (including phenoxy) is 1. The largest absolute Gasteiger partial charge is 0.378 e. The van der Waals surface area contributed by atoms with Crippen LogP contribution in [0.2, 0.25) is 0 Å². The molecule has 0 radical (unpaired) electrons. The summed E-state index contributed by atoms with van der Waals surface area (Å²) >= 11 is 0. The molecule has 0 aromatic heterocycles. The van der Waals surface area contributed by atoms with Crippen molar-refractivity contribution in [1.29, 1.82) is 0 Å². The molecule has 1 heterocycles. The molecule has 0 aromatic carbocycles. The maximum absolute atomic E-state index is 12.1. The van der Waals surface area contributed by atoms with Gasteiger partial charge in [-0.15, -0.1) is 0 Å². The first-order valence-electron chi connectivity index (χ1n) is 7.98. The van der Waals surface area contributed by atoms with E-state index in [1.807, 2.05) is 4.90 Å². The summed E-state index contributed by atoms with van der Waals surface area (Å²) in [5.74, 6) is 0.929. The van der Waals surface area contributed by atoms with Gasteiger partial charge in [0.05, 0.1) is 13.2 Å². The molecule has 1 amide bonds. The molecule has 2 fully saturated rings. The Bertz CT molecular complexity index is 305. The van der Waals surface area contributed by atoms with Gasteiger partial charge in [-0.05, 0) is 45.3 Å². The number of rotatable bonds is 6. The van der Waals surface area contributed by atoms with Crippen molar-refractivity contribution >= 4 is 5.91 Å². The van der Waals surface area contributed by atoms with Crippen molar-refractivity contribution in [2.75, 3.05) is 46.4 Å². The van der Waals surface area contributed by atoms with Gasteiger partial charge in [-0.3, -0.25) is 4.79 Å². The molecule has 0 spiro atoms. The van der Waals surface area contributed by atoms with Gasteiger partial charge in [-0.1, -0.05) is 6.42 Å². The van der Waals surface area contributed by atoms with Crippen molar-refractivity contribution in [3.05, 3.63) is 0 Å². The first-order valence-corrected chi connectivity index (χ1v) is 7.98. The molecule has 0 aromatic rings. The van der Waals surface area contributed by atoms with Crippen molar-refractivity contribution in [1.82, 2.24) is 9.80 Å². The maximum Gasteiger partial charge on any atom is 0.222 e. The number of nitrogens with zero attached hydrogens (tertiary/aromatic N) is 2. The Morgan fingerprint density at radius 1 is 1.35 bits per heavy atom. The predicted molar refractivity (Wildman–Crippen MR) is 79.4 cm³/mol. The van der Waals surface area contributed by atoms with Crippen LogP contribution in [0, 0.1) is 5.92 Å². The van der Waals surface area contributed by atoms with Crippen LogP contribution in [0.5, 0.6) is 0 Å². The van der Waals surface area contributed by atoms with Crippen LogP contribution in [0.1, 0.15) is 32.1 Å². The Labute approximate surface area is 122 Å². The van der Waals surface area contributed by atoms with Crippen molar-refractivity contribution < 1.29 is 9.53 Å². The van der Waals surface area contributed by atoms with Gasteiger partial charge in [0.2, 0.25) is 5.91 Å². The molecule has 20 heavy (non-hydrogen) atoms. The van der Waals surface area contributed by atoms with E-state index in [4.69, 9.17) is 10.5 Å². The van der Waals surface area contributed by atoms with Crippen LogP contribution in [0.3, 0.4) is 0 Å². The lowest BCUT2D eigenvalue weighted by Gasteiger charge is -2.30. The zero-order valence-corrected chi connectivity index (χ0v) is 12.7. The van der Waals surface area contributed by atoms with Gasteiger partial charge >= 0.3 is 0 Å². The third kappa shape index (κ3) is 4.17. The smallest absolute Gasteiger partial charge is 0.222 e. The highest BCUT2D eigenvalue weighted by atomic mass is 16.5. The molecule has 1 aliphatic carbocycles. The summed E-state index contributed by atoms with van der Waals surface area (Å²) in [6.07, 6.45) is 5.42. The molecule has 1 aliphatic heterocycles. The quantitative estimate of drug-likeness (QED) is 0.779. The average molecular weight is 283 g/mol. The minimum absolute atomic E-state index is 0.281. The Kier molecular flexibility index (Phi) is 6.26. The Morgan fingerprint density at radius 2 is 2.10 bits per heavy atom. The minimum atomic E-state index is 0.281. The van der Waals surface area contributed by atoms with E-state index in [-0.39, 0.29) is 5.91 Å². The van der Waals surface area contributed by atoms with Gasteiger partial charge in [0.15, 0.2) is 0 Å². The van der Waals surface area contributed by atoms with Crippen LogP contribution in [-0.2, 0) is 9.53 Å². The number of amides is 1. The predicted octanol–water partition coefficient (Wildman–Crippen LogP) is 0.685. The number of hydrogen-bond acceptors (Lipinski definition) is 4. The van der Waals surface area contributed by atoms with Gasteiger partial charge in [0.1, 0.15) is 0 Å². The van der Waals surface area contributed by atoms with Gasteiger partial charge < -0.3 is 20.3 Å². The Hall–Kier alpha value is -0.650. The van der Waals surface area contributed by atoms with Crippen molar-refractivity contribution in [3.63, 3.8) is 0 Å². The number of morpholine rings is 1. The molecule has 2 aliphatic rings. The highest BCUT2D eigenvalue weighted by molar-refractivity contribution is 5.76. The fourth-order valence-corrected chi connectivity index (χ4v) is 3.49. The number of carbonyl (C=O) groups is 1. The van der Waals surface area contributed by atoms with Crippen LogP contribution < -0.4 is 5.73 Å². The molecule has 2 N–H and O–H groups in total. The lowest BCUT2D eigenvalue weighted by atomic mass is 10.0. The SMILES string of the molecule is CN(CCCC(=O)N1CCOCC1)C1CCCC1CN. The summed E-state index contributed by atoms with van der Waals surface area (Å²) in [4.78, 5) is 16.4. The second kappa shape index (κ2) is 7.96. The van der Waals surface area contributed by atoms with Crippen LogP contribution >= 0.6 is 0 Å². The van der Waals surface area contributed by atoms with Crippen molar-refractivity contribution in [3.8, 4) is 0 Å². The Balaban J connectivity index is 1.65. The molecule has 5 nitrogen and oxygen atoms in total. The molecule has 2 rings (SSSR count). The van der Waals surface area contributed by atoms with E-state index in [0.29, 0.717) is 31.6 Å². The third-order valence-corrected chi connectivity index (χ3v) is 4.75. The molecule has 5 heteroatoms. The lowest BCUT2D eigenvalue weighted by molar-refractivity contribution is -0.135. The number of nitrogens with two attached hydrogens (primary N) is 1. The van der Waals surface area contributed by atoms with E-state index >= 15 is 0 Å². The normalized spacial score (nSPS) is 27.2. The van der Waals surface area contributed by atoms with E-state index in [1.54, 1.807) is 0 Å². The van der Waals surface area contributed by atoms with E-state index < -0.39 is 0 Å². The molecule has 116 valence electrons. The first-order chi connectivity index (χ1) is 9.72. The number of hydrogen-bond donors (Lipinski definition) is 1. The van der Waals surface area contributed by atoms with Crippen molar-refractivity contribution in [2.45, 2.75) is 38.1 Å². The molecular weight excluding hydrogens is 254 g/mol. The zero-order chi connectivity index (χ0) is 14.4. The fourth-order valence-electron chi connectivity index (χ4n) is 3.49. The molecule has 1 saturated heterocycles. The third-order valence-electron chi connectivity index (χ3n) is 4.75. The van der Waals surface area contributed by atoms with E-state index in [9.17, 15) is 4.79 Å². The summed E-state index contributed by atoms with van der Waals surface area (Å²) in [6.45, 7) is 4.68. The van der Waals surface area contributed by atoms with E-state index in [1.165, 1.54) is 19.3 Å². The molecule has 2 unspecified atom stereocenters. The molecule has 0 bridgehead atoms. The average Bonchev–Trinajstić information content (AvgIpc) is 2.96.